The van der Waals surface area contributed by atoms with E-state index in [9.17, 15) is 4.39 Å². The van der Waals surface area contributed by atoms with Crippen LogP contribution < -0.4 is 5.32 Å². The summed E-state index contributed by atoms with van der Waals surface area (Å²) in [5, 5.41) is 3.64. The lowest BCUT2D eigenvalue weighted by atomic mass is 9.98. The van der Waals surface area contributed by atoms with E-state index >= 15 is 0 Å². The second-order valence-corrected chi connectivity index (χ2v) is 7.03. The Morgan fingerprint density at radius 2 is 1.88 bits per heavy atom. The summed E-state index contributed by atoms with van der Waals surface area (Å²) < 4.78 is 18.8. The number of pyridine rings is 1. The molecule has 1 aromatic carbocycles. The van der Waals surface area contributed by atoms with Crippen molar-refractivity contribution >= 4 is 0 Å². The molecule has 0 spiro atoms. The molecular formula is C20H26FN3O. The first kappa shape index (κ1) is 18.0. The maximum absolute atomic E-state index is 13.3. The van der Waals surface area contributed by atoms with E-state index in [-0.39, 0.29) is 17.4 Å². The van der Waals surface area contributed by atoms with Gasteiger partial charge in [-0.1, -0.05) is 18.2 Å². The predicted molar refractivity (Wildman–Crippen MR) is 97.0 cm³/mol. The number of halogens is 1. The maximum atomic E-state index is 13.3. The lowest BCUT2D eigenvalue weighted by Crippen LogP contribution is -2.55. The van der Waals surface area contributed by atoms with Gasteiger partial charge in [0.1, 0.15) is 5.82 Å². The summed E-state index contributed by atoms with van der Waals surface area (Å²) in [6.07, 6.45) is 1.79. The topological polar surface area (TPSA) is 37.4 Å². The number of ether oxygens (including phenoxy) is 1. The third kappa shape index (κ3) is 4.63. The number of nitrogens with one attached hydrogen (secondary N) is 1. The van der Waals surface area contributed by atoms with Gasteiger partial charge >= 0.3 is 0 Å². The van der Waals surface area contributed by atoms with Gasteiger partial charge in [-0.25, -0.2) is 4.39 Å². The average molecular weight is 343 g/mol. The van der Waals surface area contributed by atoms with Gasteiger partial charge in [0.05, 0.1) is 24.9 Å². The highest BCUT2D eigenvalue weighted by Gasteiger charge is 2.29. The molecule has 1 aliphatic heterocycles. The Morgan fingerprint density at radius 1 is 1.16 bits per heavy atom. The highest BCUT2D eigenvalue weighted by molar-refractivity contribution is 5.28. The van der Waals surface area contributed by atoms with E-state index in [0.29, 0.717) is 0 Å². The molecular weight excluding hydrogens is 317 g/mol. The number of aromatic nitrogens is 1. The molecule has 0 saturated carbocycles. The highest BCUT2D eigenvalue weighted by Crippen LogP contribution is 2.23. The summed E-state index contributed by atoms with van der Waals surface area (Å²) in [6.45, 7) is 8.73. The molecule has 25 heavy (non-hydrogen) atoms. The summed E-state index contributed by atoms with van der Waals surface area (Å²) in [6, 6.07) is 12.5. The van der Waals surface area contributed by atoms with E-state index in [1.807, 2.05) is 30.3 Å². The summed E-state index contributed by atoms with van der Waals surface area (Å²) in [7, 11) is 0. The summed E-state index contributed by atoms with van der Waals surface area (Å²) in [5.74, 6) is -0.225. The van der Waals surface area contributed by atoms with Gasteiger partial charge in [0.15, 0.2) is 0 Å². The Kier molecular flexibility index (Phi) is 5.78. The van der Waals surface area contributed by atoms with Crippen molar-refractivity contribution in [2.75, 3.05) is 32.8 Å². The standard InChI is InChI=1S/C20H26FN3O/c1-20(2,24-11-13-25-14-12-24)15-23-19(18-5-3-4-10-22-18)16-6-8-17(21)9-7-16/h3-10,19,23H,11-15H2,1-2H3/t19-/m0/s1. The van der Waals surface area contributed by atoms with Crippen LogP contribution in [0.3, 0.4) is 0 Å². The van der Waals surface area contributed by atoms with Crippen LogP contribution in [0.1, 0.15) is 31.1 Å². The van der Waals surface area contributed by atoms with Crippen LogP contribution in [0.5, 0.6) is 0 Å². The van der Waals surface area contributed by atoms with Gasteiger partial charge in [-0.05, 0) is 43.7 Å². The van der Waals surface area contributed by atoms with Crippen LogP contribution in [0.15, 0.2) is 48.7 Å². The van der Waals surface area contributed by atoms with E-state index in [0.717, 1.165) is 44.1 Å². The van der Waals surface area contributed by atoms with Crippen molar-refractivity contribution < 1.29 is 9.13 Å². The van der Waals surface area contributed by atoms with Gasteiger partial charge in [0.25, 0.3) is 0 Å². The zero-order chi connectivity index (χ0) is 17.7. The van der Waals surface area contributed by atoms with Gasteiger partial charge < -0.3 is 10.1 Å². The number of benzene rings is 1. The smallest absolute Gasteiger partial charge is 0.123 e. The Labute approximate surface area is 149 Å². The van der Waals surface area contributed by atoms with Crippen molar-refractivity contribution in [1.82, 2.24) is 15.2 Å². The maximum Gasteiger partial charge on any atom is 0.123 e. The van der Waals surface area contributed by atoms with E-state index in [1.54, 1.807) is 6.20 Å². The first-order chi connectivity index (χ1) is 12.1. The normalized spacial score (nSPS) is 17.4. The van der Waals surface area contributed by atoms with E-state index in [2.05, 4.69) is 29.0 Å². The molecule has 2 aromatic rings. The molecule has 1 aromatic heterocycles. The first-order valence-electron chi connectivity index (χ1n) is 8.79. The summed E-state index contributed by atoms with van der Waals surface area (Å²) in [5.41, 5.74) is 1.95. The van der Waals surface area contributed by atoms with Crippen molar-refractivity contribution in [3.8, 4) is 0 Å². The second-order valence-electron chi connectivity index (χ2n) is 7.03. The molecule has 3 rings (SSSR count). The quantitative estimate of drug-likeness (QED) is 0.875. The molecule has 1 N–H and O–H groups in total. The van der Waals surface area contributed by atoms with Crippen LogP contribution >= 0.6 is 0 Å². The van der Waals surface area contributed by atoms with Crippen LogP contribution in [0, 0.1) is 5.82 Å². The Bertz CT molecular complexity index is 654. The number of morpholine rings is 1. The minimum absolute atomic E-state index is 0.00313. The fourth-order valence-electron chi connectivity index (χ4n) is 3.23. The number of hydrogen-bond donors (Lipinski definition) is 1. The van der Waals surface area contributed by atoms with Gasteiger partial charge in [-0.2, -0.15) is 0 Å². The number of rotatable bonds is 6. The minimum atomic E-state index is -0.225. The van der Waals surface area contributed by atoms with Gasteiger partial charge in [0.2, 0.25) is 0 Å². The summed E-state index contributed by atoms with van der Waals surface area (Å²) >= 11 is 0. The second kappa shape index (κ2) is 8.04. The molecule has 134 valence electrons. The van der Waals surface area contributed by atoms with Gasteiger partial charge in [-0.15, -0.1) is 0 Å². The minimum Gasteiger partial charge on any atom is -0.379 e. The van der Waals surface area contributed by atoms with Gasteiger partial charge in [-0.3, -0.25) is 9.88 Å². The highest BCUT2D eigenvalue weighted by atomic mass is 19.1. The first-order valence-corrected chi connectivity index (χ1v) is 8.79. The Morgan fingerprint density at radius 3 is 2.52 bits per heavy atom. The Balaban J connectivity index is 1.77. The predicted octanol–water partition coefficient (Wildman–Crippen LogP) is 3.01. The Hall–Kier alpha value is -1.82. The van der Waals surface area contributed by atoms with Crippen molar-refractivity contribution in [3.63, 3.8) is 0 Å². The number of hydrogen-bond acceptors (Lipinski definition) is 4. The van der Waals surface area contributed by atoms with E-state index in [1.165, 1.54) is 12.1 Å². The molecule has 2 heterocycles. The van der Waals surface area contributed by atoms with Crippen LogP contribution in [0.2, 0.25) is 0 Å². The monoisotopic (exact) mass is 343 g/mol. The molecule has 0 radical (unpaired) electrons. The molecule has 1 atom stereocenters. The molecule has 1 aliphatic rings. The largest absolute Gasteiger partial charge is 0.379 e. The fourth-order valence-corrected chi connectivity index (χ4v) is 3.23. The third-order valence-electron chi connectivity index (χ3n) is 4.79. The fraction of sp³-hybridized carbons (Fsp3) is 0.450. The zero-order valence-corrected chi connectivity index (χ0v) is 14.9. The molecule has 1 fully saturated rings. The molecule has 0 bridgehead atoms. The molecule has 4 nitrogen and oxygen atoms in total. The van der Waals surface area contributed by atoms with Crippen LogP contribution in [0.25, 0.3) is 0 Å². The molecule has 0 unspecified atom stereocenters. The SMILES string of the molecule is CC(C)(CN[C@@H](c1ccc(F)cc1)c1ccccn1)N1CCOCC1. The van der Waals surface area contributed by atoms with Crippen LogP contribution in [-0.2, 0) is 4.74 Å². The number of nitrogens with zero attached hydrogens (tertiary/aromatic N) is 2. The molecule has 0 amide bonds. The lowest BCUT2D eigenvalue weighted by molar-refractivity contribution is -0.0101. The van der Waals surface area contributed by atoms with Crippen LogP contribution in [0.4, 0.5) is 4.39 Å². The van der Waals surface area contributed by atoms with Crippen LogP contribution in [-0.4, -0.2) is 48.3 Å². The van der Waals surface area contributed by atoms with Crippen molar-refractivity contribution in [1.29, 1.82) is 0 Å². The van der Waals surface area contributed by atoms with E-state index < -0.39 is 0 Å². The van der Waals surface area contributed by atoms with Crippen molar-refractivity contribution in [2.45, 2.75) is 25.4 Å². The van der Waals surface area contributed by atoms with Gasteiger partial charge in [0, 0.05) is 31.4 Å². The van der Waals surface area contributed by atoms with Crippen molar-refractivity contribution in [2.24, 2.45) is 0 Å². The van der Waals surface area contributed by atoms with E-state index in [4.69, 9.17) is 4.74 Å². The third-order valence-corrected chi connectivity index (χ3v) is 4.79. The van der Waals surface area contributed by atoms with Crippen molar-refractivity contribution in [3.05, 3.63) is 65.7 Å². The molecule has 0 aliphatic carbocycles. The zero-order valence-electron chi connectivity index (χ0n) is 14.9. The lowest BCUT2D eigenvalue weighted by Gasteiger charge is -2.41. The molecule has 5 heteroatoms. The summed E-state index contributed by atoms with van der Waals surface area (Å²) in [4.78, 5) is 6.95. The molecule has 1 saturated heterocycles. The average Bonchev–Trinajstić information content (AvgIpc) is 2.65.